The average Bonchev–Trinajstić information content (AvgIpc) is 2.48. The highest BCUT2D eigenvalue weighted by Crippen LogP contribution is 2.35. The molecule has 10 heteroatoms. The number of carbonyl (C=O) groups excluding carboxylic acids is 1. The zero-order valence-corrected chi connectivity index (χ0v) is 16.4. The number of nitrogens with zero attached hydrogens (tertiary/aromatic N) is 3. The summed E-state index contributed by atoms with van der Waals surface area (Å²) < 4.78 is 25.3. The third-order valence-corrected chi connectivity index (χ3v) is 5.94. The average molecular weight is 415 g/mol. The van der Waals surface area contributed by atoms with E-state index >= 15 is 0 Å². The van der Waals surface area contributed by atoms with Crippen molar-refractivity contribution in [3.63, 3.8) is 0 Å². The smallest absolute Gasteiger partial charge is 0.243 e. The van der Waals surface area contributed by atoms with Gasteiger partial charge < -0.3 is 9.80 Å². The van der Waals surface area contributed by atoms with Gasteiger partial charge in [0.25, 0.3) is 0 Å². The van der Waals surface area contributed by atoms with E-state index in [4.69, 9.17) is 34.8 Å². The van der Waals surface area contributed by atoms with Crippen LogP contribution in [0.5, 0.6) is 0 Å². The molecule has 0 saturated carbocycles. The van der Waals surface area contributed by atoms with Crippen molar-refractivity contribution in [3.8, 4) is 0 Å². The number of hydrogen-bond acceptors (Lipinski definition) is 4. The number of sulfonamides is 1. The lowest BCUT2D eigenvalue weighted by Gasteiger charge is -2.34. The third kappa shape index (κ3) is 4.67. The maximum Gasteiger partial charge on any atom is 0.243 e. The number of benzene rings is 1. The maximum absolute atomic E-state index is 12.5. The van der Waals surface area contributed by atoms with E-state index in [1.807, 2.05) is 7.05 Å². The van der Waals surface area contributed by atoms with Gasteiger partial charge in [-0.1, -0.05) is 34.8 Å². The highest BCUT2D eigenvalue weighted by molar-refractivity contribution is 7.92. The molecule has 0 aliphatic carbocycles. The summed E-state index contributed by atoms with van der Waals surface area (Å²) in [5.74, 6) is -0.282. The van der Waals surface area contributed by atoms with Crippen molar-refractivity contribution >= 4 is 56.4 Å². The van der Waals surface area contributed by atoms with Gasteiger partial charge in [-0.05, 0) is 19.2 Å². The van der Waals surface area contributed by atoms with E-state index in [9.17, 15) is 13.2 Å². The zero-order chi connectivity index (χ0) is 18.1. The normalized spacial score (nSPS) is 16.3. The van der Waals surface area contributed by atoms with E-state index in [1.54, 1.807) is 4.90 Å². The van der Waals surface area contributed by atoms with Crippen molar-refractivity contribution in [3.05, 3.63) is 27.2 Å². The van der Waals surface area contributed by atoms with Gasteiger partial charge in [-0.2, -0.15) is 0 Å². The van der Waals surface area contributed by atoms with Crippen LogP contribution in [0, 0.1) is 0 Å². The van der Waals surface area contributed by atoms with Gasteiger partial charge in [0.15, 0.2) is 0 Å². The Balaban J connectivity index is 2.27. The van der Waals surface area contributed by atoms with Crippen LogP contribution in [0.3, 0.4) is 0 Å². The fourth-order valence-electron chi connectivity index (χ4n) is 2.36. The minimum absolute atomic E-state index is 0.112. The van der Waals surface area contributed by atoms with Crippen molar-refractivity contribution in [2.45, 2.75) is 0 Å². The highest BCUT2D eigenvalue weighted by Gasteiger charge is 2.27. The van der Waals surface area contributed by atoms with Crippen LogP contribution in [-0.4, -0.2) is 70.2 Å². The number of halogens is 3. The predicted molar refractivity (Wildman–Crippen MR) is 97.7 cm³/mol. The van der Waals surface area contributed by atoms with Gasteiger partial charge in [-0.3, -0.25) is 9.10 Å². The lowest BCUT2D eigenvalue weighted by molar-refractivity contribution is -0.131. The summed E-state index contributed by atoms with van der Waals surface area (Å²) in [4.78, 5) is 16.2. The molecule has 134 valence electrons. The van der Waals surface area contributed by atoms with E-state index in [0.717, 1.165) is 23.7 Å². The number of anilines is 1. The largest absolute Gasteiger partial charge is 0.339 e. The van der Waals surface area contributed by atoms with Crippen molar-refractivity contribution in [1.82, 2.24) is 9.80 Å². The van der Waals surface area contributed by atoms with Gasteiger partial charge in [-0.25, -0.2) is 8.42 Å². The Morgan fingerprint density at radius 2 is 1.62 bits per heavy atom. The van der Waals surface area contributed by atoms with Crippen LogP contribution in [-0.2, 0) is 14.8 Å². The molecule has 24 heavy (non-hydrogen) atoms. The molecule has 1 fully saturated rings. The van der Waals surface area contributed by atoms with Crippen LogP contribution in [0.2, 0.25) is 15.1 Å². The van der Waals surface area contributed by atoms with Crippen molar-refractivity contribution < 1.29 is 13.2 Å². The number of rotatable bonds is 4. The Kier molecular flexibility index (Phi) is 6.25. The van der Waals surface area contributed by atoms with Crippen LogP contribution in [0.1, 0.15) is 0 Å². The van der Waals surface area contributed by atoms with E-state index in [1.165, 1.54) is 12.1 Å². The van der Waals surface area contributed by atoms with Crippen LogP contribution < -0.4 is 4.31 Å². The van der Waals surface area contributed by atoms with Crippen LogP contribution in [0.15, 0.2) is 12.1 Å². The van der Waals surface area contributed by atoms with Crippen molar-refractivity contribution in [2.24, 2.45) is 0 Å². The fourth-order valence-corrected chi connectivity index (χ4v) is 3.91. The molecule has 1 aromatic carbocycles. The quantitative estimate of drug-likeness (QED) is 0.709. The maximum atomic E-state index is 12.5. The Morgan fingerprint density at radius 1 is 1.08 bits per heavy atom. The Morgan fingerprint density at radius 3 is 2.17 bits per heavy atom. The molecule has 0 atom stereocenters. The topological polar surface area (TPSA) is 60.9 Å². The third-order valence-electron chi connectivity index (χ3n) is 3.79. The van der Waals surface area contributed by atoms with E-state index in [2.05, 4.69) is 4.90 Å². The van der Waals surface area contributed by atoms with Crippen molar-refractivity contribution in [2.75, 3.05) is 50.3 Å². The molecule has 0 radical (unpaired) electrons. The lowest BCUT2D eigenvalue weighted by Crippen LogP contribution is -2.50. The van der Waals surface area contributed by atoms with Crippen LogP contribution in [0.25, 0.3) is 0 Å². The van der Waals surface area contributed by atoms with E-state index < -0.39 is 10.0 Å². The summed E-state index contributed by atoms with van der Waals surface area (Å²) in [5, 5.41) is 0.488. The SMILES string of the molecule is CN1CCN(C(=O)CN(c2cc(Cl)c(Cl)cc2Cl)S(C)(=O)=O)CC1. The Labute approximate surface area is 156 Å². The standard InChI is InChI=1S/C14H18Cl3N3O3S/c1-18-3-5-19(6-4-18)14(21)9-20(24(2,22)23)13-8-11(16)10(15)7-12(13)17/h7-8H,3-6,9H2,1-2H3. The first kappa shape index (κ1) is 19.6. The zero-order valence-electron chi connectivity index (χ0n) is 13.3. The first-order chi connectivity index (χ1) is 11.1. The molecule has 1 heterocycles. The second-order valence-corrected chi connectivity index (χ2v) is 8.80. The first-order valence-corrected chi connectivity index (χ1v) is 10.2. The first-order valence-electron chi connectivity index (χ1n) is 7.18. The summed E-state index contributed by atoms with van der Waals surface area (Å²) in [6.07, 6.45) is 1.02. The molecule has 0 bridgehead atoms. The molecular formula is C14H18Cl3N3O3S. The minimum Gasteiger partial charge on any atom is -0.339 e. The molecule has 1 saturated heterocycles. The highest BCUT2D eigenvalue weighted by atomic mass is 35.5. The monoisotopic (exact) mass is 413 g/mol. The Bertz CT molecular complexity index is 734. The second kappa shape index (κ2) is 7.66. The molecule has 0 spiro atoms. The van der Waals surface area contributed by atoms with Crippen molar-refractivity contribution in [1.29, 1.82) is 0 Å². The molecule has 1 amide bonds. The molecule has 6 nitrogen and oxygen atoms in total. The summed E-state index contributed by atoms with van der Waals surface area (Å²) >= 11 is 18.0. The van der Waals surface area contributed by atoms with Gasteiger partial charge in [0.05, 0.1) is 27.0 Å². The molecule has 1 aliphatic rings. The van der Waals surface area contributed by atoms with Gasteiger partial charge in [0.1, 0.15) is 6.54 Å². The van der Waals surface area contributed by atoms with Gasteiger partial charge in [0, 0.05) is 26.2 Å². The van der Waals surface area contributed by atoms with E-state index in [-0.39, 0.29) is 33.2 Å². The van der Waals surface area contributed by atoms with Gasteiger partial charge in [-0.15, -0.1) is 0 Å². The minimum atomic E-state index is -3.73. The molecular weight excluding hydrogens is 397 g/mol. The molecule has 0 unspecified atom stereocenters. The molecule has 1 aromatic rings. The number of likely N-dealkylation sites (N-methyl/N-ethyl adjacent to an activating group) is 1. The second-order valence-electron chi connectivity index (χ2n) is 5.67. The lowest BCUT2D eigenvalue weighted by atomic mass is 10.3. The fraction of sp³-hybridized carbons (Fsp3) is 0.500. The number of hydrogen-bond donors (Lipinski definition) is 0. The van der Waals surface area contributed by atoms with Crippen LogP contribution >= 0.6 is 34.8 Å². The number of amides is 1. The summed E-state index contributed by atoms with van der Waals surface area (Å²) in [6.45, 7) is 2.28. The molecule has 0 N–H and O–H groups in total. The molecule has 1 aliphatic heterocycles. The summed E-state index contributed by atoms with van der Waals surface area (Å²) in [5.41, 5.74) is 0.135. The Hall–Kier alpha value is -0.730. The van der Waals surface area contributed by atoms with Gasteiger partial charge >= 0.3 is 0 Å². The van der Waals surface area contributed by atoms with Gasteiger partial charge in [0.2, 0.25) is 15.9 Å². The molecule has 2 rings (SSSR count). The summed E-state index contributed by atoms with van der Waals surface area (Å²) in [7, 11) is -1.75. The number of carbonyl (C=O) groups is 1. The predicted octanol–water partition coefficient (Wildman–Crippen LogP) is 2.19. The van der Waals surface area contributed by atoms with E-state index in [0.29, 0.717) is 13.1 Å². The number of piperazine rings is 1. The summed E-state index contributed by atoms with van der Waals surface area (Å²) in [6, 6.07) is 2.71. The van der Waals surface area contributed by atoms with Crippen LogP contribution in [0.4, 0.5) is 5.69 Å². The molecule has 0 aromatic heterocycles.